The molecule has 0 bridgehead atoms. The summed E-state index contributed by atoms with van der Waals surface area (Å²) < 4.78 is 28.9. The zero-order valence-electron chi connectivity index (χ0n) is 16.7. The van der Waals surface area contributed by atoms with Crippen molar-refractivity contribution in [2.45, 2.75) is 56.4 Å². The number of carbonyl (C=O) groups is 2. The van der Waals surface area contributed by atoms with E-state index in [0.717, 1.165) is 19.3 Å². The summed E-state index contributed by atoms with van der Waals surface area (Å²) in [6.07, 6.45) is 3.51. The number of sulfonamides is 1. The highest BCUT2D eigenvalue weighted by Crippen LogP contribution is 2.35. The number of nitrogens with one attached hydrogen (secondary N) is 1. The number of rotatable bonds is 8. The van der Waals surface area contributed by atoms with E-state index < -0.39 is 27.9 Å². The molecule has 0 aliphatic carbocycles. The maximum absolute atomic E-state index is 13.2. The predicted molar refractivity (Wildman–Crippen MR) is 107 cm³/mol. The fraction of sp³-hybridized carbons (Fsp3) is 0.526. The first-order valence-corrected chi connectivity index (χ1v) is 11.5. The minimum atomic E-state index is -3.87. The summed E-state index contributed by atoms with van der Waals surface area (Å²) in [7, 11) is -3.87. The Labute approximate surface area is 174 Å². The highest BCUT2D eigenvalue weighted by molar-refractivity contribution is 7.89. The Kier molecular flexibility index (Phi) is 6.74. The number of hydrogen-bond donors (Lipinski definition) is 3. The number of amides is 2. The molecular weight excluding hydrogens is 412 g/mol. The SMILES string of the molecule is CCCCC(CC(=O)NO)C(=O)N1CCCC1c1nc2cc(S(N)(=O)=O)ccc2o1. The van der Waals surface area contributed by atoms with Crippen molar-refractivity contribution in [1.82, 2.24) is 15.4 Å². The van der Waals surface area contributed by atoms with E-state index in [4.69, 9.17) is 14.8 Å². The van der Waals surface area contributed by atoms with Crippen LogP contribution in [-0.4, -0.2) is 41.9 Å². The molecule has 2 heterocycles. The third kappa shape index (κ3) is 4.79. The molecule has 30 heavy (non-hydrogen) atoms. The van der Waals surface area contributed by atoms with Gasteiger partial charge in [-0.15, -0.1) is 0 Å². The number of hydrogen-bond acceptors (Lipinski definition) is 7. The van der Waals surface area contributed by atoms with E-state index in [1.54, 1.807) is 10.4 Å². The Hall–Kier alpha value is -2.50. The molecule has 4 N–H and O–H groups in total. The van der Waals surface area contributed by atoms with E-state index in [-0.39, 0.29) is 17.2 Å². The van der Waals surface area contributed by atoms with Crippen LogP contribution in [0.15, 0.2) is 27.5 Å². The van der Waals surface area contributed by atoms with Crippen molar-refractivity contribution in [3.8, 4) is 0 Å². The summed E-state index contributed by atoms with van der Waals surface area (Å²) in [4.78, 5) is 30.8. The third-order valence-corrected chi connectivity index (χ3v) is 6.25. The van der Waals surface area contributed by atoms with E-state index >= 15 is 0 Å². The van der Waals surface area contributed by atoms with Crippen molar-refractivity contribution >= 4 is 32.9 Å². The first kappa shape index (κ1) is 22.2. The second-order valence-corrected chi connectivity index (χ2v) is 9.06. The summed E-state index contributed by atoms with van der Waals surface area (Å²) in [5, 5.41) is 14.0. The van der Waals surface area contributed by atoms with Crippen molar-refractivity contribution < 1.29 is 27.6 Å². The molecule has 2 amide bonds. The molecule has 11 heteroatoms. The Morgan fingerprint density at radius 1 is 1.43 bits per heavy atom. The largest absolute Gasteiger partial charge is 0.438 e. The highest BCUT2D eigenvalue weighted by atomic mass is 32.2. The van der Waals surface area contributed by atoms with Gasteiger partial charge in [0.25, 0.3) is 0 Å². The molecule has 1 aromatic carbocycles. The van der Waals surface area contributed by atoms with E-state index in [1.165, 1.54) is 18.2 Å². The van der Waals surface area contributed by atoms with Crippen LogP contribution in [0.1, 0.15) is 57.4 Å². The lowest BCUT2D eigenvalue weighted by Crippen LogP contribution is -2.38. The van der Waals surface area contributed by atoms with E-state index in [1.807, 2.05) is 6.92 Å². The van der Waals surface area contributed by atoms with Crippen LogP contribution in [0.25, 0.3) is 11.1 Å². The van der Waals surface area contributed by atoms with Gasteiger partial charge in [-0.1, -0.05) is 19.8 Å². The lowest BCUT2D eigenvalue weighted by Gasteiger charge is -2.27. The summed E-state index contributed by atoms with van der Waals surface area (Å²) in [5.41, 5.74) is 2.34. The molecule has 0 radical (unpaired) electrons. The molecule has 2 unspecified atom stereocenters. The smallest absolute Gasteiger partial charge is 0.244 e. The van der Waals surface area contributed by atoms with Crippen molar-refractivity contribution in [2.75, 3.05) is 6.54 Å². The van der Waals surface area contributed by atoms with E-state index in [9.17, 15) is 18.0 Å². The number of carbonyl (C=O) groups excluding carboxylic acids is 2. The highest BCUT2D eigenvalue weighted by Gasteiger charge is 2.37. The molecule has 0 saturated carbocycles. The number of benzene rings is 1. The number of nitrogens with zero attached hydrogens (tertiary/aromatic N) is 2. The summed E-state index contributed by atoms with van der Waals surface area (Å²) in [6, 6.07) is 3.78. The molecule has 0 spiro atoms. The Bertz CT molecular complexity index is 1030. The number of primary sulfonamides is 1. The molecule has 164 valence electrons. The number of hydroxylamine groups is 1. The molecule has 1 aliphatic rings. The minimum absolute atomic E-state index is 0.0659. The Balaban J connectivity index is 1.86. The van der Waals surface area contributed by atoms with Gasteiger partial charge in [-0.25, -0.2) is 24.0 Å². The van der Waals surface area contributed by atoms with Gasteiger partial charge in [0, 0.05) is 18.9 Å². The van der Waals surface area contributed by atoms with E-state index in [2.05, 4.69) is 4.98 Å². The third-order valence-electron chi connectivity index (χ3n) is 5.34. The lowest BCUT2D eigenvalue weighted by atomic mass is 9.96. The summed E-state index contributed by atoms with van der Waals surface area (Å²) in [5.74, 6) is -1.00. The van der Waals surface area contributed by atoms with Gasteiger partial charge in [0.2, 0.25) is 27.7 Å². The number of nitrogens with two attached hydrogens (primary N) is 1. The number of oxazole rings is 1. The molecule has 2 aromatic rings. The predicted octanol–water partition coefficient (Wildman–Crippen LogP) is 1.84. The van der Waals surface area contributed by atoms with Crippen LogP contribution in [-0.2, 0) is 19.6 Å². The molecule has 10 nitrogen and oxygen atoms in total. The fourth-order valence-electron chi connectivity index (χ4n) is 3.80. The number of aromatic nitrogens is 1. The van der Waals surface area contributed by atoms with Crippen LogP contribution in [0.5, 0.6) is 0 Å². The van der Waals surface area contributed by atoms with Gasteiger partial charge in [-0.3, -0.25) is 14.8 Å². The fourth-order valence-corrected chi connectivity index (χ4v) is 4.33. The van der Waals surface area contributed by atoms with Crippen molar-refractivity contribution in [3.63, 3.8) is 0 Å². The maximum Gasteiger partial charge on any atom is 0.244 e. The number of fused-ring (bicyclic) bond motifs is 1. The monoisotopic (exact) mass is 438 g/mol. The van der Waals surface area contributed by atoms with Crippen molar-refractivity contribution in [1.29, 1.82) is 0 Å². The van der Waals surface area contributed by atoms with Crippen LogP contribution in [0, 0.1) is 5.92 Å². The zero-order valence-corrected chi connectivity index (χ0v) is 17.5. The van der Waals surface area contributed by atoms with Gasteiger partial charge >= 0.3 is 0 Å². The second-order valence-electron chi connectivity index (χ2n) is 7.49. The van der Waals surface area contributed by atoms with Crippen LogP contribution >= 0.6 is 0 Å². The maximum atomic E-state index is 13.2. The molecule has 1 aliphatic heterocycles. The first-order valence-electron chi connectivity index (χ1n) is 9.91. The van der Waals surface area contributed by atoms with Crippen molar-refractivity contribution in [3.05, 3.63) is 24.1 Å². The van der Waals surface area contributed by atoms with Crippen LogP contribution < -0.4 is 10.6 Å². The molecular formula is C19H26N4O6S. The lowest BCUT2D eigenvalue weighted by molar-refractivity contribution is -0.141. The Morgan fingerprint density at radius 2 is 2.20 bits per heavy atom. The quantitative estimate of drug-likeness (QED) is 0.419. The average molecular weight is 439 g/mol. The van der Waals surface area contributed by atoms with Crippen molar-refractivity contribution in [2.24, 2.45) is 11.1 Å². The molecule has 1 saturated heterocycles. The Morgan fingerprint density at radius 3 is 2.87 bits per heavy atom. The molecule has 3 rings (SSSR count). The normalized spacial score (nSPS) is 18.0. The topological polar surface area (TPSA) is 156 Å². The average Bonchev–Trinajstić information content (AvgIpc) is 3.35. The summed E-state index contributed by atoms with van der Waals surface area (Å²) >= 11 is 0. The number of unbranched alkanes of at least 4 members (excludes halogenated alkanes) is 1. The van der Waals surface area contributed by atoms with Gasteiger partial charge in [0.05, 0.1) is 4.90 Å². The molecule has 1 fully saturated rings. The van der Waals surface area contributed by atoms with Gasteiger partial charge < -0.3 is 9.32 Å². The number of likely N-dealkylation sites (tertiary alicyclic amines) is 1. The zero-order chi connectivity index (χ0) is 21.9. The van der Waals surface area contributed by atoms with Crippen LogP contribution in [0.2, 0.25) is 0 Å². The minimum Gasteiger partial charge on any atom is -0.438 e. The van der Waals surface area contributed by atoms with Crippen LogP contribution in [0.3, 0.4) is 0 Å². The van der Waals surface area contributed by atoms with Gasteiger partial charge in [-0.05, 0) is 37.5 Å². The summed E-state index contributed by atoms with van der Waals surface area (Å²) in [6.45, 7) is 2.51. The first-order chi connectivity index (χ1) is 14.2. The standard InChI is InChI=1S/C19H26N4O6S/c1-2-3-5-12(10-17(24)22-26)19(25)23-9-4-6-15(23)18-21-14-11-13(30(20,27)28)7-8-16(14)29-18/h7-8,11-12,15,26H,2-6,9-10H2,1H3,(H,22,24)(H2,20,27,28). The molecule has 1 aromatic heterocycles. The van der Waals surface area contributed by atoms with Gasteiger partial charge in [0.15, 0.2) is 5.58 Å². The van der Waals surface area contributed by atoms with E-state index in [0.29, 0.717) is 36.4 Å². The molecule has 2 atom stereocenters. The van der Waals surface area contributed by atoms with Gasteiger partial charge in [-0.2, -0.15) is 0 Å². The second kappa shape index (κ2) is 9.11. The van der Waals surface area contributed by atoms with Crippen LogP contribution in [0.4, 0.5) is 0 Å². The van der Waals surface area contributed by atoms with Gasteiger partial charge in [0.1, 0.15) is 11.6 Å².